The van der Waals surface area contributed by atoms with E-state index in [1.54, 1.807) is 12.4 Å². The molecule has 1 atom stereocenters. The highest BCUT2D eigenvalue weighted by Crippen LogP contribution is 2.55. The first kappa shape index (κ1) is 10.7. The molecule has 1 aliphatic carbocycles. The van der Waals surface area contributed by atoms with Crippen molar-refractivity contribution in [2.45, 2.75) is 47.1 Å². The average molecular weight is 207 g/mol. The molecule has 0 saturated heterocycles. The normalized spacial score (nSPS) is 28.1. The van der Waals surface area contributed by atoms with Gasteiger partial charge in [0.1, 0.15) is 0 Å². The molecule has 0 bridgehead atoms. The summed E-state index contributed by atoms with van der Waals surface area (Å²) in [5.74, 6) is 0.694. The van der Waals surface area contributed by atoms with Gasteiger partial charge in [-0.3, -0.25) is 0 Å². The van der Waals surface area contributed by atoms with Gasteiger partial charge in [0.25, 0.3) is 0 Å². The molecule has 1 heterocycles. The molecule has 15 heavy (non-hydrogen) atoms. The van der Waals surface area contributed by atoms with E-state index in [-0.39, 0.29) is 0 Å². The summed E-state index contributed by atoms with van der Waals surface area (Å²) in [6.45, 7) is 10.5. The van der Waals surface area contributed by atoms with Crippen molar-refractivity contribution in [2.75, 3.05) is 0 Å². The van der Waals surface area contributed by atoms with Gasteiger partial charge in [0.2, 0.25) is 0 Å². The molecule has 84 valence electrons. The van der Waals surface area contributed by atoms with Crippen molar-refractivity contribution in [2.24, 2.45) is 16.7 Å². The zero-order valence-electron chi connectivity index (χ0n) is 10.2. The lowest BCUT2D eigenvalue weighted by Gasteiger charge is -2.39. The van der Waals surface area contributed by atoms with Crippen molar-refractivity contribution in [3.8, 4) is 0 Å². The van der Waals surface area contributed by atoms with Crippen LogP contribution in [-0.2, 0) is 6.54 Å². The van der Waals surface area contributed by atoms with Crippen LogP contribution in [0.25, 0.3) is 0 Å². The molecule has 0 aromatic carbocycles. The molecule has 1 aromatic rings. The van der Waals surface area contributed by atoms with E-state index in [1.165, 1.54) is 12.8 Å². The molecule has 0 amide bonds. The average Bonchev–Trinajstić information content (AvgIpc) is 2.69. The van der Waals surface area contributed by atoms with Crippen LogP contribution in [0, 0.1) is 16.7 Å². The monoisotopic (exact) mass is 207 g/mol. The highest BCUT2D eigenvalue weighted by Gasteiger charge is 2.48. The Morgan fingerprint density at radius 1 is 1.20 bits per heavy atom. The van der Waals surface area contributed by atoms with Crippen LogP contribution in [0.1, 0.15) is 40.5 Å². The fourth-order valence-electron chi connectivity index (χ4n) is 2.62. The summed E-state index contributed by atoms with van der Waals surface area (Å²) in [5.41, 5.74) is 0.811. The summed E-state index contributed by atoms with van der Waals surface area (Å²) >= 11 is 0. The quantitative estimate of drug-likeness (QED) is 0.746. The van der Waals surface area contributed by atoms with E-state index in [2.05, 4.69) is 37.9 Å². The maximum atomic E-state index is 4.20. The minimum Gasteiger partial charge on any atom is -0.185 e. The Bertz CT molecular complexity index is 325. The van der Waals surface area contributed by atoms with E-state index >= 15 is 0 Å². The zero-order chi connectivity index (χ0) is 11.1. The standard InChI is InChI=1S/C12H21N3/c1-11(2)6-5-10(12(11,3)4)9-15-13-7-8-14-15/h7-8,10H,5-6,9H2,1-4H3/t10-/m1/s1. The second-order valence-corrected chi connectivity index (χ2v) is 5.93. The van der Waals surface area contributed by atoms with Gasteiger partial charge in [0.15, 0.2) is 0 Å². The lowest BCUT2D eigenvalue weighted by molar-refractivity contribution is 0.0931. The molecule has 0 radical (unpaired) electrons. The molecule has 3 nitrogen and oxygen atoms in total. The van der Waals surface area contributed by atoms with Gasteiger partial charge < -0.3 is 0 Å². The van der Waals surface area contributed by atoms with Gasteiger partial charge in [-0.25, -0.2) is 0 Å². The second-order valence-electron chi connectivity index (χ2n) is 5.93. The Morgan fingerprint density at radius 2 is 1.80 bits per heavy atom. The van der Waals surface area contributed by atoms with Crippen LogP contribution in [0.4, 0.5) is 0 Å². The summed E-state index contributed by atoms with van der Waals surface area (Å²) in [5, 5.41) is 8.40. The first-order valence-corrected chi connectivity index (χ1v) is 5.77. The predicted molar refractivity (Wildman–Crippen MR) is 60.3 cm³/mol. The third-order valence-corrected chi connectivity index (χ3v) is 4.73. The van der Waals surface area contributed by atoms with Gasteiger partial charge in [0, 0.05) is 0 Å². The van der Waals surface area contributed by atoms with Gasteiger partial charge in [-0.1, -0.05) is 27.7 Å². The molecule has 0 aliphatic heterocycles. The Hall–Kier alpha value is -0.860. The van der Waals surface area contributed by atoms with Crippen LogP contribution in [0.15, 0.2) is 12.4 Å². The lowest BCUT2D eigenvalue weighted by atomic mass is 9.67. The first-order chi connectivity index (χ1) is 6.93. The minimum atomic E-state index is 0.376. The lowest BCUT2D eigenvalue weighted by Crippen LogP contribution is -2.33. The number of hydrogen-bond acceptors (Lipinski definition) is 2. The van der Waals surface area contributed by atoms with Crippen molar-refractivity contribution in [1.29, 1.82) is 0 Å². The fourth-order valence-corrected chi connectivity index (χ4v) is 2.62. The topological polar surface area (TPSA) is 30.7 Å². The van der Waals surface area contributed by atoms with Gasteiger partial charge in [-0.15, -0.1) is 0 Å². The van der Waals surface area contributed by atoms with E-state index in [0.717, 1.165) is 6.54 Å². The van der Waals surface area contributed by atoms with Gasteiger partial charge >= 0.3 is 0 Å². The molecule has 0 spiro atoms. The highest BCUT2D eigenvalue weighted by molar-refractivity contribution is 4.97. The summed E-state index contributed by atoms with van der Waals surface area (Å²) in [6.07, 6.45) is 6.12. The number of rotatable bonds is 2. The largest absolute Gasteiger partial charge is 0.185 e. The van der Waals surface area contributed by atoms with Gasteiger partial charge in [-0.2, -0.15) is 15.0 Å². The Morgan fingerprint density at radius 3 is 2.27 bits per heavy atom. The smallest absolute Gasteiger partial charge is 0.0693 e. The van der Waals surface area contributed by atoms with E-state index in [0.29, 0.717) is 16.7 Å². The minimum absolute atomic E-state index is 0.376. The van der Waals surface area contributed by atoms with E-state index in [9.17, 15) is 0 Å². The molecule has 1 saturated carbocycles. The third kappa shape index (κ3) is 1.68. The number of aromatic nitrogens is 3. The van der Waals surface area contributed by atoms with Crippen LogP contribution in [-0.4, -0.2) is 15.0 Å². The van der Waals surface area contributed by atoms with Crippen molar-refractivity contribution in [3.05, 3.63) is 12.4 Å². The summed E-state index contributed by atoms with van der Waals surface area (Å²) in [6, 6.07) is 0. The number of nitrogens with zero attached hydrogens (tertiary/aromatic N) is 3. The molecule has 0 unspecified atom stereocenters. The zero-order valence-corrected chi connectivity index (χ0v) is 10.2. The SMILES string of the molecule is CC1(C)CC[C@H](Cn2nccn2)C1(C)C. The van der Waals surface area contributed by atoms with Crippen molar-refractivity contribution in [1.82, 2.24) is 15.0 Å². The summed E-state index contributed by atoms with van der Waals surface area (Å²) < 4.78 is 0. The highest BCUT2D eigenvalue weighted by atomic mass is 15.5. The maximum Gasteiger partial charge on any atom is 0.0693 e. The molecular weight excluding hydrogens is 186 g/mol. The van der Waals surface area contributed by atoms with E-state index in [4.69, 9.17) is 0 Å². The van der Waals surface area contributed by atoms with Crippen LogP contribution < -0.4 is 0 Å². The Balaban J connectivity index is 2.12. The van der Waals surface area contributed by atoms with Crippen LogP contribution in [0.2, 0.25) is 0 Å². The third-order valence-electron chi connectivity index (χ3n) is 4.73. The van der Waals surface area contributed by atoms with Crippen LogP contribution in [0.3, 0.4) is 0 Å². The van der Waals surface area contributed by atoms with Crippen molar-refractivity contribution >= 4 is 0 Å². The van der Waals surface area contributed by atoms with Gasteiger partial charge in [-0.05, 0) is 29.6 Å². The molecule has 1 aliphatic rings. The fraction of sp³-hybridized carbons (Fsp3) is 0.833. The van der Waals surface area contributed by atoms with Crippen molar-refractivity contribution in [3.63, 3.8) is 0 Å². The molecule has 3 heteroatoms. The molecule has 1 fully saturated rings. The van der Waals surface area contributed by atoms with Crippen LogP contribution >= 0.6 is 0 Å². The molecular formula is C12H21N3. The molecule has 0 N–H and O–H groups in total. The van der Waals surface area contributed by atoms with E-state index < -0.39 is 0 Å². The predicted octanol–water partition coefficient (Wildman–Crippen LogP) is 2.74. The summed E-state index contributed by atoms with van der Waals surface area (Å²) in [4.78, 5) is 1.83. The molecule has 2 rings (SSSR count). The van der Waals surface area contributed by atoms with Gasteiger partial charge in [0.05, 0.1) is 18.9 Å². The summed E-state index contributed by atoms with van der Waals surface area (Å²) in [7, 11) is 0. The Labute approximate surface area is 91.9 Å². The maximum absolute atomic E-state index is 4.20. The molecule has 1 aromatic heterocycles. The van der Waals surface area contributed by atoms with E-state index in [1.807, 2.05) is 4.80 Å². The second kappa shape index (κ2) is 3.32. The van der Waals surface area contributed by atoms with Crippen molar-refractivity contribution < 1.29 is 0 Å². The first-order valence-electron chi connectivity index (χ1n) is 5.77. The number of hydrogen-bond donors (Lipinski definition) is 0. The Kier molecular flexibility index (Phi) is 2.36. The van der Waals surface area contributed by atoms with Crippen LogP contribution in [0.5, 0.6) is 0 Å².